The molecule has 38 heavy (non-hydrogen) atoms. The Labute approximate surface area is 222 Å². The number of sulfonamides is 1. The maximum Gasteiger partial charge on any atom is 0.276 e. The summed E-state index contributed by atoms with van der Waals surface area (Å²) in [4.78, 5) is 20.9. The Hall–Kier alpha value is -4.25. The molecule has 0 aliphatic heterocycles. The maximum absolute atomic E-state index is 12.7. The highest BCUT2D eigenvalue weighted by Crippen LogP contribution is 2.24. The molecule has 0 aliphatic rings. The molecule has 198 valence electrons. The summed E-state index contributed by atoms with van der Waals surface area (Å²) in [5.74, 6) is 0.269. The van der Waals surface area contributed by atoms with Gasteiger partial charge in [0.15, 0.2) is 12.4 Å². The fourth-order valence-electron chi connectivity index (χ4n) is 3.61. The van der Waals surface area contributed by atoms with Crippen LogP contribution in [0.15, 0.2) is 71.8 Å². The normalized spacial score (nSPS) is 11.7. The van der Waals surface area contributed by atoms with Crippen molar-refractivity contribution in [1.82, 2.24) is 19.7 Å². The molecule has 10 nitrogen and oxygen atoms in total. The number of benzene rings is 2. The van der Waals surface area contributed by atoms with Crippen LogP contribution in [0.2, 0.25) is 0 Å². The van der Waals surface area contributed by atoms with Gasteiger partial charge in [0.2, 0.25) is 5.95 Å². The summed E-state index contributed by atoms with van der Waals surface area (Å²) in [7, 11) is -3.90. The molecule has 0 atom stereocenters. The van der Waals surface area contributed by atoms with Gasteiger partial charge in [-0.3, -0.25) is 4.79 Å². The molecule has 1 amide bonds. The van der Waals surface area contributed by atoms with Crippen molar-refractivity contribution in [3.05, 3.63) is 89.5 Å². The third-order valence-electron chi connectivity index (χ3n) is 5.59. The van der Waals surface area contributed by atoms with E-state index in [0.717, 1.165) is 0 Å². The van der Waals surface area contributed by atoms with E-state index in [-0.39, 0.29) is 28.7 Å². The number of aromatic nitrogens is 4. The first-order valence-corrected chi connectivity index (χ1v) is 13.4. The number of hydrogen-bond acceptors (Lipinski definition) is 7. The average Bonchev–Trinajstić information content (AvgIpc) is 3.31. The van der Waals surface area contributed by atoms with Gasteiger partial charge in [0.1, 0.15) is 5.75 Å². The van der Waals surface area contributed by atoms with Crippen molar-refractivity contribution in [2.75, 3.05) is 10.0 Å². The van der Waals surface area contributed by atoms with Gasteiger partial charge < -0.3 is 10.1 Å². The van der Waals surface area contributed by atoms with Crippen LogP contribution in [0.4, 0.5) is 11.6 Å². The van der Waals surface area contributed by atoms with Crippen LogP contribution in [0.5, 0.6) is 5.75 Å². The quantitative estimate of drug-likeness (QED) is 0.336. The van der Waals surface area contributed by atoms with Crippen molar-refractivity contribution in [2.24, 2.45) is 0 Å². The minimum Gasteiger partial charge on any atom is -0.471 e. The number of carbonyl (C=O) groups excluding carboxylic acids is 1. The summed E-state index contributed by atoms with van der Waals surface area (Å²) in [6.45, 7) is 10.1. The third kappa shape index (κ3) is 6.74. The van der Waals surface area contributed by atoms with Crippen molar-refractivity contribution < 1.29 is 17.9 Å². The van der Waals surface area contributed by atoms with Crippen LogP contribution >= 0.6 is 0 Å². The van der Waals surface area contributed by atoms with Gasteiger partial charge in [-0.2, -0.15) is 5.10 Å². The van der Waals surface area contributed by atoms with E-state index in [4.69, 9.17) is 4.74 Å². The Morgan fingerprint density at radius 2 is 1.58 bits per heavy atom. The lowest BCUT2D eigenvalue weighted by Crippen LogP contribution is -2.16. The Morgan fingerprint density at radius 3 is 2.18 bits per heavy atom. The number of nitrogens with zero attached hydrogens (tertiary/aromatic N) is 4. The van der Waals surface area contributed by atoms with E-state index in [1.807, 2.05) is 24.3 Å². The number of aryl methyl sites for hydroxylation is 2. The summed E-state index contributed by atoms with van der Waals surface area (Å²) in [6, 6.07) is 17.0. The van der Waals surface area contributed by atoms with Crippen molar-refractivity contribution >= 4 is 27.6 Å². The fourth-order valence-corrected chi connectivity index (χ4v) is 4.55. The highest BCUT2D eigenvalue weighted by Gasteiger charge is 2.17. The second-order valence-corrected chi connectivity index (χ2v) is 11.5. The maximum atomic E-state index is 12.7. The predicted molar refractivity (Wildman–Crippen MR) is 145 cm³/mol. The van der Waals surface area contributed by atoms with Gasteiger partial charge in [0.25, 0.3) is 15.9 Å². The smallest absolute Gasteiger partial charge is 0.276 e. The lowest BCUT2D eigenvalue weighted by Gasteiger charge is -2.19. The third-order valence-corrected chi connectivity index (χ3v) is 6.93. The minimum atomic E-state index is -3.90. The zero-order chi connectivity index (χ0) is 27.5. The SMILES string of the molecule is Cc1cc(C)nc(NS(=O)(=O)c2ccc(NC(=O)c3ccn(COc4ccc(C(C)(C)C)cc4)n3)cc2)n1. The standard InChI is InChI=1S/C27H30N6O4S/c1-18-16-19(2)29-26(28-18)32-38(35,36)23-12-8-21(9-13-23)30-25(34)24-14-15-33(31-24)17-37-22-10-6-20(7-11-22)27(3,4)5/h6-16H,17H2,1-5H3,(H,30,34)(H,28,29,32). The first-order chi connectivity index (χ1) is 17.9. The Bertz CT molecular complexity index is 1520. The van der Waals surface area contributed by atoms with Crippen LogP contribution in [0, 0.1) is 13.8 Å². The molecule has 0 aliphatic carbocycles. The topological polar surface area (TPSA) is 128 Å². The molecule has 0 unspecified atom stereocenters. The van der Waals surface area contributed by atoms with Gasteiger partial charge in [0, 0.05) is 23.3 Å². The Balaban J connectivity index is 1.34. The second kappa shape index (κ2) is 10.6. The van der Waals surface area contributed by atoms with E-state index < -0.39 is 15.9 Å². The zero-order valence-electron chi connectivity index (χ0n) is 21.9. The molecule has 0 radical (unpaired) electrons. The molecular formula is C27H30N6O4S. The molecule has 2 aromatic carbocycles. The zero-order valence-corrected chi connectivity index (χ0v) is 22.7. The molecule has 11 heteroatoms. The predicted octanol–water partition coefficient (Wildman–Crippen LogP) is 4.68. The van der Waals surface area contributed by atoms with E-state index >= 15 is 0 Å². The number of rotatable bonds is 8. The first kappa shape index (κ1) is 26.8. The van der Waals surface area contributed by atoms with Crippen molar-refractivity contribution in [1.29, 1.82) is 0 Å². The lowest BCUT2D eigenvalue weighted by molar-refractivity contribution is 0.102. The van der Waals surface area contributed by atoms with E-state index in [9.17, 15) is 13.2 Å². The van der Waals surface area contributed by atoms with Gasteiger partial charge in [0.05, 0.1) is 4.90 Å². The van der Waals surface area contributed by atoms with Crippen LogP contribution in [-0.2, 0) is 22.2 Å². The lowest BCUT2D eigenvalue weighted by atomic mass is 9.87. The summed E-state index contributed by atoms with van der Waals surface area (Å²) in [5.41, 5.74) is 3.18. The summed E-state index contributed by atoms with van der Waals surface area (Å²) in [6.07, 6.45) is 1.65. The van der Waals surface area contributed by atoms with Gasteiger partial charge in [-0.1, -0.05) is 32.9 Å². The molecule has 0 fully saturated rings. The summed E-state index contributed by atoms with van der Waals surface area (Å²) < 4.78 is 35.1. The number of anilines is 2. The molecule has 2 N–H and O–H groups in total. The molecule has 4 aromatic rings. The van der Waals surface area contributed by atoms with E-state index in [0.29, 0.717) is 22.8 Å². The van der Waals surface area contributed by atoms with Gasteiger partial charge >= 0.3 is 0 Å². The Morgan fingerprint density at radius 1 is 0.947 bits per heavy atom. The molecular weight excluding hydrogens is 504 g/mol. The van der Waals surface area contributed by atoms with Crippen LogP contribution in [0.1, 0.15) is 48.2 Å². The van der Waals surface area contributed by atoms with Gasteiger partial charge in [-0.05, 0) is 73.4 Å². The fraction of sp³-hybridized carbons (Fsp3) is 0.259. The Kier molecular flexibility index (Phi) is 7.49. The van der Waals surface area contributed by atoms with E-state index in [2.05, 4.69) is 45.9 Å². The summed E-state index contributed by atoms with van der Waals surface area (Å²) in [5, 5.41) is 6.97. The van der Waals surface area contributed by atoms with Gasteiger partial charge in [-0.25, -0.2) is 27.8 Å². The van der Waals surface area contributed by atoms with Crippen LogP contribution < -0.4 is 14.8 Å². The summed E-state index contributed by atoms with van der Waals surface area (Å²) >= 11 is 0. The highest BCUT2D eigenvalue weighted by atomic mass is 32.2. The van der Waals surface area contributed by atoms with Crippen molar-refractivity contribution in [3.63, 3.8) is 0 Å². The second-order valence-electron chi connectivity index (χ2n) is 9.85. The van der Waals surface area contributed by atoms with Crippen LogP contribution in [-0.4, -0.2) is 34.1 Å². The van der Waals surface area contributed by atoms with E-state index in [1.165, 1.54) is 34.5 Å². The molecule has 4 rings (SSSR count). The number of amides is 1. The van der Waals surface area contributed by atoms with Crippen LogP contribution in [0.25, 0.3) is 0 Å². The first-order valence-electron chi connectivity index (χ1n) is 11.9. The number of carbonyl (C=O) groups is 1. The number of nitrogens with one attached hydrogen (secondary N) is 2. The van der Waals surface area contributed by atoms with E-state index in [1.54, 1.807) is 32.2 Å². The molecule has 0 saturated heterocycles. The van der Waals surface area contributed by atoms with Gasteiger partial charge in [-0.15, -0.1) is 0 Å². The van der Waals surface area contributed by atoms with Crippen molar-refractivity contribution in [3.8, 4) is 5.75 Å². The molecule has 0 spiro atoms. The monoisotopic (exact) mass is 534 g/mol. The molecule has 2 heterocycles. The average molecular weight is 535 g/mol. The minimum absolute atomic E-state index is 0.00127. The molecule has 0 saturated carbocycles. The van der Waals surface area contributed by atoms with Crippen LogP contribution in [0.3, 0.4) is 0 Å². The molecule has 0 bridgehead atoms. The largest absolute Gasteiger partial charge is 0.471 e. The highest BCUT2D eigenvalue weighted by molar-refractivity contribution is 7.92. The number of hydrogen-bond donors (Lipinski definition) is 2. The molecule has 2 aromatic heterocycles. The number of ether oxygens (including phenoxy) is 1. The van der Waals surface area contributed by atoms with Crippen molar-refractivity contribution in [2.45, 2.75) is 51.7 Å².